The van der Waals surface area contributed by atoms with Crippen LogP contribution >= 0.6 is 0 Å². The van der Waals surface area contributed by atoms with E-state index in [0.717, 1.165) is 23.1 Å². The van der Waals surface area contributed by atoms with Crippen molar-refractivity contribution in [2.75, 3.05) is 13.2 Å². The number of hydrogen-bond acceptors (Lipinski definition) is 3. The van der Waals surface area contributed by atoms with Gasteiger partial charge in [0.25, 0.3) is 0 Å². The molecule has 4 nitrogen and oxygen atoms in total. The van der Waals surface area contributed by atoms with Crippen LogP contribution in [0.3, 0.4) is 0 Å². The number of ether oxygens (including phenoxy) is 1. The van der Waals surface area contributed by atoms with E-state index in [2.05, 4.69) is 29.4 Å². The zero-order valence-electron chi connectivity index (χ0n) is 11.8. The molecule has 3 rings (SSSR count). The topological polar surface area (TPSA) is 47.3 Å². The average Bonchev–Trinajstić information content (AvgIpc) is 2.87. The Hall–Kier alpha value is -2.17. The van der Waals surface area contributed by atoms with Crippen LogP contribution in [0.15, 0.2) is 54.6 Å². The first-order chi connectivity index (χ1) is 10.4. The van der Waals surface area contributed by atoms with Crippen LogP contribution in [0.4, 0.5) is 0 Å². The van der Waals surface area contributed by atoms with Gasteiger partial charge in [-0.1, -0.05) is 48.5 Å². The normalized spacial score (nSPS) is 11.1. The first-order valence-corrected chi connectivity index (χ1v) is 7.05. The highest BCUT2D eigenvalue weighted by Gasteiger charge is 2.10. The summed E-state index contributed by atoms with van der Waals surface area (Å²) in [6, 6.07) is 18.4. The van der Waals surface area contributed by atoms with Gasteiger partial charge in [0.1, 0.15) is 0 Å². The van der Waals surface area contributed by atoms with Crippen molar-refractivity contribution in [2.24, 2.45) is 0 Å². The van der Waals surface area contributed by atoms with E-state index < -0.39 is 0 Å². The highest BCUT2D eigenvalue weighted by molar-refractivity contribution is 5.81. The first kappa shape index (κ1) is 13.8. The minimum absolute atomic E-state index is 0.0304. The highest BCUT2D eigenvalue weighted by Crippen LogP contribution is 2.20. The van der Waals surface area contributed by atoms with Crippen molar-refractivity contribution >= 4 is 10.9 Å². The van der Waals surface area contributed by atoms with Gasteiger partial charge in [-0.25, -0.2) is 0 Å². The Labute approximate surface area is 123 Å². The molecule has 1 N–H and O–H groups in total. The van der Waals surface area contributed by atoms with Crippen LogP contribution in [-0.4, -0.2) is 28.1 Å². The maximum atomic E-state index is 8.81. The monoisotopic (exact) mass is 282 g/mol. The minimum atomic E-state index is 0.0304. The molecule has 108 valence electrons. The lowest BCUT2D eigenvalue weighted by Gasteiger charge is -2.03. The van der Waals surface area contributed by atoms with Gasteiger partial charge in [-0.3, -0.25) is 4.68 Å². The van der Waals surface area contributed by atoms with Crippen molar-refractivity contribution in [3.63, 3.8) is 0 Å². The van der Waals surface area contributed by atoms with Gasteiger partial charge in [0.15, 0.2) is 0 Å². The van der Waals surface area contributed by atoms with Gasteiger partial charge in [-0.05, 0) is 11.6 Å². The molecule has 0 aliphatic heterocycles. The molecule has 3 aromatic rings. The molecule has 0 spiro atoms. The van der Waals surface area contributed by atoms with Crippen molar-refractivity contribution in [1.29, 1.82) is 0 Å². The van der Waals surface area contributed by atoms with Crippen LogP contribution < -0.4 is 0 Å². The molecule has 0 saturated carbocycles. The molecule has 1 aromatic heterocycles. The summed E-state index contributed by atoms with van der Waals surface area (Å²) >= 11 is 0. The summed E-state index contributed by atoms with van der Waals surface area (Å²) in [5.41, 5.74) is 3.23. The van der Waals surface area contributed by atoms with Crippen LogP contribution in [-0.2, 0) is 17.9 Å². The minimum Gasteiger partial charge on any atom is -0.394 e. The Morgan fingerprint density at radius 2 is 1.76 bits per heavy atom. The predicted molar refractivity (Wildman–Crippen MR) is 82.0 cm³/mol. The van der Waals surface area contributed by atoms with Crippen molar-refractivity contribution in [3.05, 3.63) is 65.9 Å². The first-order valence-electron chi connectivity index (χ1n) is 7.05. The maximum absolute atomic E-state index is 8.81. The molecule has 1 heterocycles. The largest absolute Gasteiger partial charge is 0.394 e. The van der Waals surface area contributed by atoms with Crippen molar-refractivity contribution in [1.82, 2.24) is 9.78 Å². The maximum Gasteiger partial charge on any atom is 0.0960 e. The van der Waals surface area contributed by atoms with E-state index in [9.17, 15) is 0 Å². The van der Waals surface area contributed by atoms with E-state index in [1.165, 1.54) is 5.56 Å². The zero-order chi connectivity index (χ0) is 14.5. The van der Waals surface area contributed by atoms with E-state index >= 15 is 0 Å². The lowest BCUT2D eigenvalue weighted by atomic mass is 10.2. The fourth-order valence-electron chi connectivity index (χ4n) is 2.41. The third kappa shape index (κ3) is 3.12. The number of hydrogen-bond donors (Lipinski definition) is 1. The molecule has 4 heteroatoms. The van der Waals surface area contributed by atoms with E-state index in [0.29, 0.717) is 13.2 Å². The van der Waals surface area contributed by atoms with Gasteiger partial charge in [-0.2, -0.15) is 5.10 Å². The summed E-state index contributed by atoms with van der Waals surface area (Å²) in [5.74, 6) is 0. The molecule has 0 saturated heterocycles. The van der Waals surface area contributed by atoms with Crippen LogP contribution in [0.25, 0.3) is 10.9 Å². The molecule has 0 radical (unpaired) electrons. The fraction of sp³-hybridized carbons (Fsp3) is 0.235. The molecule has 0 unspecified atom stereocenters. The summed E-state index contributed by atoms with van der Waals surface area (Å²) in [5, 5.41) is 14.6. The lowest BCUT2D eigenvalue weighted by Crippen LogP contribution is -2.03. The molecular weight excluding hydrogens is 264 g/mol. The van der Waals surface area contributed by atoms with E-state index in [4.69, 9.17) is 9.84 Å². The Morgan fingerprint density at radius 3 is 2.57 bits per heavy atom. The van der Waals surface area contributed by atoms with Gasteiger partial charge < -0.3 is 9.84 Å². The van der Waals surface area contributed by atoms with E-state index in [1.54, 1.807) is 0 Å². The van der Waals surface area contributed by atoms with Crippen molar-refractivity contribution in [2.45, 2.75) is 13.2 Å². The summed E-state index contributed by atoms with van der Waals surface area (Å²) in [4.78, 5) is 0. The SMILES string of the molecule is OCCOCc1nn(Cc2ccccc2)c2ccccc12. The Bertz CT molecular complexity index is 707. The number of para-hydroxylation sites is 1. The molecule has 0 aliphatic carbocycles. The van der Waals surface area contributed by atoms with Gasteiger partial charge in [-0.15, -0.1) is 0 Å². The number of aliphatic hydroxyl groups excluding tert-OH is 1. The Morgan fingerprint density at radius 1 is 1.00 bits per heavy atom. The number of aliphatic hydroxyl groups is 1. The molecule has 0 aliphatic rings. The van der Waals surface area contributed by atoms with Gasteiger partial charge in [0, 0.05) is 5.39 Å². The quantitative estimate of drug-likeness (QED) is 0.707. The fourth-order valence-corrected chi connectivity index (χ4v) is 2.41. The molecular formula is C17H18N2O2. The van der Waals surface area contributed by atoms with Crippen molar-refractivity contribution in [3.8, 4) is 0 Å². The van der Waals surface area contributed by atoms with E-state index in [1.807, 2.05) is 35.0 Å². The molecule has 0 atom stereocenters. The predicted octanol–water partition coefficient (Wildman–Crippen LogP) is 2.59. The Balaban J connectivity index is 1.91. The third-order valence-corrected chi connectivity index (χ3v) is 3.38. The second kappa shape index (κ2) is 6.52. The smallest absolute Gasteiger partial charge is 0.0960 e. The second-order valence-corrected chi connectivity index (χ2v) is 4.88. The molecule has 0 bridgehead atoms. The molecule has 0 amide bonds. The number of aromatic nitrogens is 2. The summed E-state index contributed by atoms with van der Waals surface area (Å²) in [7, 11) is 0. The average molecular weight is 282 g/mol. The van der Waals surface area contributed by atoms with E-state index in [-0.39, 0.29) is 6.61 Å². The molecule has 0 fully saturated rings. The zero-order valence-corrected chi connectivity index (χ0v) is 11.8. The lowest BCUT2D eigenvalue weighted by molar-refractivity contribution is 0.0800. The summed E-state index contributed by atoms with van der Waals surface area (Å²) in [6.45, 7) is 1.52. The van der Waals surface area contributed by atoms with Crippen LogP contribution in [0.2, 0.25) is 0 Å². The third-order valence-electron chi connectivity index (χ3n) is 3.38. The number of fused-ring (bicyclic) bond motifs is 1. The van der Waals surface area contributed by atoms with Crippen LogP contribution in [0, 0.1) is 0 Å². The van der Waals surface area contributed by atoms with Gasteiger partial charge in [0.2, 0.25) is 0 Å². The van der Waals surface area contributed by atoms with Gasteiger partial charge >= 0.3 is 0 Å². The highest BCUT2D eigenvalue weighted by atomic mass is 16.5. The molecule has 2 aromatic carbocycles. The standard InChI is InChI=1S/C17H18N2O2/c20-10-11-21-13-16-15-8-4-5-9-17(15)19(18-16)12-14-6-2-1-3-7-14/h1-9,20H,10-13H2. The second-order valence-electron chi connectivity index (χ2n) is 4.88. The van der Waals surface area contributed by atoms with Crippen LogP contribution in [0.5, 0.6) is 0 Å². The van der Waals surface area contributed by atoms with Crippen molar-refractivity contribution < 1.29 is 9.84 Å². The molecule has 21 heavy (non-hydrogen) atoms. The number of nitrogens with zero attached hydrogens (tertiary/aromatic N) is 2. The van der Waals surface area contributed by atoms with Gasteiger partial charge in [0.05, 0.1) is 37.6 Å². The van der Waals surface area contributed by atoms with Crippen LogP contribution in [0.1, 0.15) is 11.3 Å². The summed E-state index contributed by atoms with van der Waals surface area (Å²) < 4.78 is 7.42. The summed E-state index contributed by atoms with van der Waals surface area (Å²) in [6.07, 6.45) is 0. The number of rotatable bonds is 6. The Kier molecular flexibility index (Phi) is 4.28. The number of benzene rings is 2.